The molecule has 0 aromatic heterocycles. The first kappa shape index (κ1) is 22.8. The molecule has 0 radical (unpaired) electrons. The van der Waals surface area contributed by atoms with Crippen molar-refractivity contribution in [2.45, 2.75) is 63.6 Å². The van der Waals surface area contributed by atoms with E-state index in [9.17, 15) is 10.2 Å². The maximum Gasteiger partial charge on any atom is 0.116 e. The van der Waals surface area contributed by atoms with Gasteiger partial charge >= 0.3 is 0 Å². The zero-order chi connectivity index (χ0) is 23.8. The minimum Gasteiger partial charge on any atom is -0.380 e. The Bertz CT molecular complexity index is 1310. The van der Waals surface area contributed by atoms with E-state index in [1.165, 1.54) is 0 Å². The second kappa shape index (κ2) is 9.02. The lowest BCUT2D eigenvalue weighted by Gasteiger charge is -2.46. The van der Waals surface area contributed by atoms with Crippen LogP contribution in [0.1, 0.15) is 74.6 Å². The first-order valence-electron chi connectivity index (χ1n) is 12.7. The quantitative estimate of drug-likeness (QED) is 0.303. The highest BCUT2D eigenvalue weighted by molar-refractivity contribution is 5.90. The lowest BCUT2D eigenvalue weighted by molar-refractivity contribution is 0.0203. The summed E-state index contributed by atoms with van der Waals surface area (Å²) in [6.45, 7) is 4.32. The molecule has 34 heavy (non-hydrogen) atoms. The Hall–Kier alpha value is -2.94. The van der Waals surface area contributed by atoms with Crippen molar-refractivity contribution in [3.63, 3.8) is 0 Å². The average molecular weight is 451 g/mol. The van der Waals surface area contributed by atoms with Gasteiger partial charge in [-0.15, -0.1) is 0 Å². The highest BCUT2D eigenvalue weighted by atomic mass is 16.3. The number of hydrogen-bond acceptors (Lipinski definition) is 2. The van der Waals surface area contributed by atoms with Crippen LogP contribution in [-0.2, 0) is 11.2 Å². The van der Waals surface area contributed by atoms with Gasteiger partial charge in [-0.25, -0.2) is 0 Å². The monoisotopic (exact) mass is 450 g/mol. The van der Waals surface area contributed by atoms with E-state index in [1.807, 2.05) is 42.5 Å². The minimum atomic E-state index is -1.17. The molecule has 1 aliphatic rings. The smallest absolute Gasteiger partial charge is 0.116 e. The van der Waals surface area contributed by atoms with Gasteiger partial charge in [-0.05, 0) is 45.9 Å². The maximum atomic E-state index is 12.7. The van der Waals surface area contributed by atoms with Crippen LogP contribution in [0.4, 0.5) is 0 Å². The van der Waals surface area contributed by atoms with Crippen LogP contribution >= 0.6 is 0 Å². The number of rotatable bonds is 7. The van der Waals surface area contributed by atoms with E-state index in [0.717, 1.165) is 69.8 Å². The van der Waals surface area contributed by atoms with E-state index in [1.54, 1.807) is 0 Å². The molecule has 2 N–H and O–H groups in total. The van der Waals surface area contributed by atoms with E-state index in [-0.39, 0.29) is 0 Å². The first-order valence-corrected chi connectivity index (χ1v) is 12.7. The summed E-state index contributed by atoms with van der Waals surface area (Å²) in [6, 6.07) is 28.9. The Morgan fingerprint density at radius 3 is 1.91 bits per heavy atom. The van der Waals surface area contributed by atoms with Gasteiger partial charge in [-0.2, -0.15) is 0 Å². The highest BCUT2D eigenvalue weighted by Gasteiger charge is 2.50. The average Bonchev–Trinajstić information content (AvgIpc) is 2.89. The molecular weight excluding hydrogens is 416 g/mol. The Labute approximate surface area is 202 Å². The molecule has 1 aliphatic carbocycles. The Morgan fingerprint density at radius 1 is 0.588 bits per heavy atom. The lowest BCUT2D eigenvalue weighted by atomic mass is 9.62. The van der Waals surface area contributed by atoms with Crippen LogP contribution < -0.4 is 0 Å². The van der Waals surface area contributed by atoms with Crippen molar-refractivity contribution in [2.24, 2.45) is 0 Å². The van der Waals surface area contributed by atoms with Crippen LogP contribution in [0.15, 0.2) is 84.9 Å². The number of hydrogen-bond donors (Lipinski definition) is 2. The van der Waals surface area contributed by atoms with Gasteiger partial charge in [0.05, 0.1) is 0 Å². The first-order chi connectivity index (χ1) is 16.5. The molecule has 0 aliphatic heterocycles. The van der Waals surface area contributed by atoms with Crippen LogP contribution in [0.5, 0.6) is 0 Å². The molecule has 2 heteroatoms. The van der Waals surface area contributed by atoms with E-state index in [0.29, 0.717) is 12.8 Å². The fraction of sp³-hybridized carbons (Fsp3) is 0.312. The van der Waals surface area contributed by atoms with Gasteiger partial charge in [-0.3, -0.25) is 0 Å². The molecular formula is C32H34O2. The largest absolute Gasteiger partial charge is 0.380 e. The zero-order valence-corrected chi connectivity index (χ0v) is 20.2. The van der Waals surface area contributed by atoms with E-state index >= 15 is 0 Å². The van der Waals surface area contributed by atoms with Gasteiger partial charge in [0.15, 0.2) is 0 Å². The molecule has 0 fully saturated rings. The van der Waals surface area contributed by atoms with Crippen molar-refractivity contribution < 1.29 is 10.2 Å². The highest BCUT2D eigenvalue weighted by Crippen LogP contribution is 2.55. The van der Waals surface area contributed by atoms with E-state index < -0.39 is 11.2 Å². The summed E-state index contributed by atoms with van der Waals surface area (Å²) >= 11 is 0. The lowest BCUT2D eigenvalue weighted by Crippen LogP contribution is -2.43. The summed E-state index contributed by atoms with van der Waals surface area (Å²) in [6.07, 6.45) is 5.04. The number of benzene rings is 4. The van der Waals surface area contributed by atoms with Crippen molar-refractivity contribution in [1.82, 2.24) is 0 Å². The molecule has 4 aromatic carbocycles. The van der Waals surface area contributed by atoms with Crippen LogP contribution in [0.3, 0.4) is 0 Å². The SMILES string of the molecule is CCCCC1(O)c2ccc3ccccc3c2C(O)(CCCC)c2cccc(-c3ccccc3)c21. The van der Waals surface area contributed by atoms with Crippen LogP contribution in [-0.4, -0.2) is 10.2 Å². The molecule has 0 saturated carbocycles. The van der Waals surface area contributed by atoms with Crippen molar-refractivity contribution in [3.8, 4) is 11.1 Å². The Morgan fingerprint density at radius 2 is 1.21 bits per heavy atom. The molecule has 174 valence electrons. The summed E-state index contributed by atoms with van der Waals surface area (Å²) in [5, 5.41) is 27.4. The number of aliphatic hydroxyl groups is 2. The third-order valence-corrected chi connectivity index (χ3v) is 7.58. The van der Waals surface area contributed by atoms with Crippen LogP contribution in [0.25, 0.3) is 21.9 Å². The predicted octanol–water partition coefficient (Wildman–Crippen LogP) is 7.67. The van der Waals surface area contributed by atoms with Gasteiger partial charge in [0.1, 0.15) is 11.2 Å². The molecule has 2 nitrogen and oxygen atoms in total. The van der Waals surface area contributed by atoms with E-state index in [4.69, 9.17) is 0 Å². The molecule has 0 amide bonds. The molecule has 5 rings (SSSR count). The van der Waals surface area contributed by atoms with Crippen LogP contribution in [0, 0.1) is 0 Å². The van der Waals surface area contributed by atoms with Gasteiger partial charge < -0.3 is 10.2 Å². The topological polar surface area (TPSA) is 40.5 Å². The third kappa shape index (κ3) is 3.48. The Balaban J connectivity index is 1.90. The fourth-order valence-corrected chi connectivity index (χ4v) is 5.92. The predicted molar refractivity (Wildman–Crippen MR) is 141 cm³/mol. The summed E-state index contributed by atoms with van der Waals surface area (Å²) in [4.78, 5) is 0. The van der Waals surface area contributed by atoms with Crippen molar-refractivity contribution in [3.05, 3.63) is 107 Å². The summed E-state index contributed by atoms with van der Waals surface area (Å²) in [7, 11) is 0. The number of unbranched alkanes of at least 4 members (excludes halogenated alkanes) is 2. The van der Waals surface area contributed by atoms with Gasteiger partial charge in [-0.1, -0.05) is 124 Å². The van der Waals surface area contributed by atoms with Gasteiger partial charge in [0.25, 0.3) is 0 Å². The van der Waals surface area contributed by atoms with Crippen LogP contribution in [0.2, 0.25) is 0 Å². The van der Waals surface area contributed by atoms with Gasteiger partial charge in [0.2, 0.25) is 0 Å². The molecule has 0 bridgehead atoms. The standard InChI is InChI=1S/C32H34O2/c1-3-5-21-31(33)27-18-12-17-26(23-13-8-7-9-14-23)29(27)32(34,22-6-4-2)28-20-19-24-15-10-11-16-25(24)30(28)31/h7-20,33-34H,3-6,21-22H2,1-2H3. The van der Waals surface area contributed by atoms with Crippen molar-refractivity contribution in [2.75, 3.05) is 0 Å². The van der Waals surface area contributed by atoms with Crippen molar-refractivity contribution in [1.29, 1.82) is 0 Å². The Kier molecular flexibility index (Phi) is 6.06. The maximum absolute atomic E-state index is 12.7. The van der Waals surface area contributed by atoms with E-state index in [2.05, 4.69) is 56.3 Å². The molecule has 4 aromatic rings. The third-order valence-electron chi connectivity index (χ3n) is 7.58. The zero-order valence-electron chi connectivity index (χ0n) is 20.2. The summed E-state index contributed by atoms with van der Waals surface area (Å²) < 4.78 is 0. The second-order valence-corrected chi connectivity index (χ2v) is 9.73. The molecule has 2 unspecified atom stereocenters. The molecule has 0 saturated heterocycles. The summed E-state index contributed by atoms with van der Waals surface area (Å²) in [5.74, 6) is 0. The second-order valence-electron chi connectivity index (χ2n) is 9.73. The molecule has 2 atom stereocenters. The van der Waals surface area contributed by atoms with Gasteiger partial charge in [0, 0.05) is 11.1 Å². The van der Waals surface area contributed by atoms with Crippen molar-refractivity contribution >= 4 is 10.8 Å². The molecule has 0 heterocycles. The minimum absolute atomic E-state index is 0.621. The number of fused-ring (bicyclic) bond motifs is 4. The normalized spacial score (nSPS) is 21.3. The molecule has 0 spiro atoms. The summed E-state index contributed by atoms with van der Waals surface area (Å²) in [5.41, 5.74) is 3.20. The fourth-order valence-electron chi connectivity index (χ4n) is 5.92.